The first-order chi connectivity index (χ1) is 12.4. The molecule has 3 aromatic rings. The third kappa shape index (κ3) is 4.12. The normalized spacial score (nSPS) is 10.5. The summed E-state index contributed by atoms with van der Waals surface area (Å²) in [7, 11) is 0. The van der Waals surface area contributed by atoms with E-state index in [9.17, 15) is 4.79 Å². The van der Waals surface area contributed by atoms with E-state index in [4.69, 9.17) is 23.2 Å². The molecule has 3 rings (SSSR count). The molecule has 26 heavy (non-hydrogen) atoms. The van der Waals surface area contributed by atoms with Crippen molar-refractivity contribution in [1.82, 2.24) is 9.97 Å². The van der Waals surface area contributed by atoms with Gasteiger partial charge in [0.2, 0.25) is 5.95 Å². The van der Waals surface area contributed by atoms with Crippen molar-refractivity contribution in [3.05, 3.63) is 75.5 Å². The van der Waals surface area contributed by atoms with Crippen LogP contribution in [-0.4, -0.2) is 15.9 Å². The van der Waals surface area contributed by atoms with Gasteiger partial charge in [-0.25, -0.2) is 9.97 Å². The number of carbonyl (C=O) groups excluding carboxylic acids is 1. The molecule has 0 spiro atoms. The van der Waals surface area contributed by atoms with E-state index in [0.29, 0.717) is 21.7 Å². The van der Waals surface area contributed by atoms with Crippen LogP contribution in [0.5, 0.6) is 0 Å². The highest BCUT2D eigenvalue weighted by Gasteiger charge is 2.12. The minimum absolute atomic E-state index is 0.247. The molecule has 132 valence electrons. The number of nitrogens with one attached hydrogen (secondary N) is 2. The Morgan fingerprint density at radius 3 is 2.62 bits per heavy atom. The molecular formula is C19H16Cl2N4O. The van der Waals surface area contributed by atoms with Gasteiger partial charge in [0.25, 0.3) is 5.91 Å². The van der Waals surface area contributed by atoms with Crippen molar-refractivity contribution in [2.24, 2.45) is 0 Å². The number of nitrogens with zero attached hydrogens (tertiary/aromatic N) is 2. The van der Waals surface area contributed by atoms with Gasteiger partial charge in [0.05, 0.1) is 0 Å². The maximum Gasteiger partial charge on any atom is 0.274 e. The molecule has 0 radical (unpaired) electrons. The quantitative estimate of drug-likeness (QED) is 0.629. The van der Waals surface area contributed by atoms with Gasteiger partial charge in [-0.2, -0.15) is 0 Å². The van der Waals surface area contributed by atoms with E-state index in [2.05, 4.69) is 20.6 Å². The molecule has 5 nitrogen and oxygen atoms in total. The Morgan fingerprint density at radius 1 is 1.04 bits per heavy atom. The lowest BCUT2D eigenvalue weighted by atomic mass is 10.2. The Kier molecular flexibility index (Phi) is 5.40. The summed E-state index contributed by atoms with van der Waals surface area (Å²) < 4.78 is 0. The van der Waals surface area contributed by atoms with Crippen molar-refractivity contribution >= 4 is 46.4 Å². The van der Waals surface area contributed by atoms with Crippen LogP contribution in [0, 0.1) is 13.8 Å². The number of hydrogen-bond acceptors (Lipinski definition) is 4. The Hall–Kier alpha value is -2.63. The van der Waals surface area contributed by atoms with Crippen LogP contribution in [0.4, 0.5) is 17.3 Å². The van der Waals surface area contributed by atoms with Crippen LogP contribution < -0.4 is 10.6 Å². The standard InChI is InChI=1S/C19H16Cl2N4O/c1-11-10-13(20)6-7-15(11)23-18(26)17-8-9-22-19(25-17)24-16-5-3-4-14(21)12(16)2/h3-10H,1-2H3,(H,23,26)(H,22,24,25). The fraction of sp³-hybridized carbons (Fsp3) is 0.105. The molecule has 1 heterocycles. The molecule has 1 amide bonds. The van der Waals surface area contributed by atoms with Crippen molar-refractivity contribution < 1.29 is 4.79 Å². The molecule has 7 heteroatoms. The zero-order valence-corrected chi connectivity index (χ0v) is 15.7. The second-order valence-corrected chi connectivity index (χ2v) is 6.56. The van der Waals surface area contributed by atoms with Gasteiger partial charge in [0, 0.05) is 27.6 Å². The molecule has 0 bridgehead atoms. The van der Waals surface area contributed by atoms with Crippen LogP contribution in [0.2, 0.25) is 10.0 Å². The Bertz CT molecular complexity index is 976. The molecule has 0 saturated carbocycles. The van der Waals surface area contributed by atoms with Crippen molar-refractivity contribution in [1.29, 1.82) is 0 Å². The molecule has 0 fully saturated rings. The Morgan fingerprint density at radius 2 is 1.85 bits per heavy atom. The van der Waals surface area contributed by atoms with Crippen LogP contribution in [-0.2, 0) is 0 Å². The Labute approximate surface area is 161 Å². The lowest BCUT2D eigenvalue weighted by Gasteiger charge is -2.11. The van der Waals surface area contributed by atoms with Gasteiger partial charge in [-0.3, -0.25) is 4.79 Å². The summed E-state index contributed by atoms with van der Waals surface area (Å²) in [5, 5.41) is 7.17. The van der Waals surface area contributed by atoms with Gasteiger partial charge in [0.1, 0.15) is 5.69 Å². The van der Waals surface area contributed by atoms with E-state index < -0.39 is 0 Å². The molecule has 0 unspecified atom stereocenters. The fourth-order valence-electron chi connectivity index (χ4n) is 2.36. The number of aromatic nitrogens is 2. The fourth-order valence-corrected chi connectivity index (χ4v) is 2.76. The van der Waals surface area contributed by atoms with Gasteiger partial charge >= 0.3 is 0 Å². The SMILES string of the molecule is Cc1cc(Cl)ccc1NC(=O)c1ccnc(Nc2cccc(Cl)c2C)n1. The Balaban J connectivity index is 1.80. The number of anilines is 3. The summed E-state index contributed by atoms with van der Waals surface area (Å²) in [6, 6.07) is 12.3. The maximum atomic E-state index is 12.5. The number of benzene rings is 2. The predicted octanol–water partition coefficient (Wildman–Crippen LogP) is 5.40. The summed E-state index contributed by atoms with van der Waals surface area (Å²) >= 11 is 12.1. The van der Waals surface area contributed by atoms with Gasteiger partial charge < -0.3 is 10.6 Å². The molecular weight excluding hydrogens is 371 g/mol. The third-order valence-electron chi connectivity index (χ3n) is 3.84. The second-order valence-electron chi connectivity index (χ2n) is 5.72. The minimum atomic E-state index is -0.330. The van der Waals surface area contributed by atoms with Gasteiger partial charge in [-0.05, 0) is 61.4 Å². The van der Waals surface area contributed by atoms with Crippen LogP contribution >= 0.6 is 23.2 Å². The highest BCUT2D eigenvalue weighted by Crippen LogP contribution is 2.25. The van der Waals surface area contributed by atoms with Crippen LogP contribution in [0.3, 0.4) is 0 Å². The van der Waals surface area contributed by atoms with E-state index in [1.54, 1.807) is 30.3 Å². The number of carbonyl (C=O) groups is 1. The topological polar surface area (TPSA) is 66.9 Å². The largest absolute Gasteiger partial charge is 0.324 e. The van der Waals surface area contributed by atoms with Crippen LogP contribution in [0.25, 0.3) is 0 Å². The smallest absolute Gasteiger partial charge is 0.274 e. The highest BCUT2D eigenvalue weighted by molar-refractivity contribution is 6.31. The third-order valence-corrected chi connectivity index (χ3v) is 4.48. The van der Waals surface area contributed by atoms with Crippen LogP contribution in [0.1, 0.15) is 21.6 Å². The summed E-state index contributed by atoms with van der Waals surface area (Å²) in [5.74, 6) is -0.0143. The molecule has 0 aliphatic carbocycles. The van der Waals surface area contributed by atoms with E-state index in [1.807, 2.05) is 26.0 Å². The average Bonchev–Trinajstić information content (AvgIpc) is 2.61. The molecule has 0 saturated heterocycles. The lowest BCUT2D eigenvalue weighted by molar-refractivity contribution is 0.102. The summed E-state index contributed by atoms with van der Waals surface area (Å²) in [6.45, 7) is 3.76. The number of aryl methyl sites for hydroxylation is 1. The molecule has 1 aromatic heterocycles. The minimum Gasteiger partial charge on any atom is -0.324 e. The maximum absolute atomic E-state index is 12.5. The zero-order chi connectivity index (χ0) is 18.7. The number of amides is 1. The van der Waals surface area contributed by atoms with Gasteiger partial charge in [0.15, 0.2) is 0 Å². The summed E-state index contributed by atoms with van der Waals surface area (Å²) in [4.78, 5) is 20.9. The van der Waals surface area contributed by atoms with Crippen LogP contribution in [0.15, 0.2) is 48.7 Å². The number of hydrogen-bond donors (Lipinski definition) is 2. The first-order valence-corrected chi connectivity index (χ1v) is 8.62. The average molecular weight is 387 g/mol. The molecule has 0 atom stereocenters. The first-order valence-electron chi connectivity index (χ1n) is 7.87. The molecule has 2 aromatic carbocycles. The molecule has 0 aliphatic heterocycles. The van der Waals surface area contributed by atoms with E-state index in [1.165, 1.54) is 6.20 Å². The monoisotopic (exact) mass is 386 g/mol. The molecule has 2 N–H and O–H groups in total. The second kappa shape index (κ2) is 7.72. The van der Waals surface area contributed by atoms with Crippen molar-refractivity contribution in [2.45, 2.75) is 13.8 Å². The summed E-state index contributed by atoms with van der Waals surface area (Å²) in [5.41, 5.74) is 3.45. The van der Waals surface area contributed by atoms with Crippen molar-refractivity contribution in [3.8, 4) is 0 Å². The highest BCUT2D eigenvalue weighted by atomic mass is 35.5. The zero-order valence-electron chi connectivity index (χ0n) is 14.2. The predicted molar refractivity (Wildman–Crippen MR) is 106 cm³/mol. The van der Waals surface area contributed by atoms with E-state index in [-0.39, 0.29) is 11.6 Å². The van der Waals surface area contributed by atoms with Crippen molar-refractivity contribution in [3.63, 3.8) is 0 Å². The summed E-state index contributed by atoms with van der Waals surface area (Å²) in [6.07, 6.45) is 1.53. The molecule has 0 aliphatic rings. The van der Waals surface area contributed by atoms with Gasteiger partial charge in [-0.15, -0.1) is 0 Å². The number of halogens is 2. The first kappa shape index (κ1) is 18.2. The van der Waals surface area contributed by atoms with Gasteiger partial charge in [-0.1, -0.05) is 29.3 Å². The lowest BCUT2D eigenvalue weighted by Crippen LogP contribution is -2.15. The van der Waals surface area contributed by atoms with E-state index >= 15 is 0 Å². The van der Waals surface area contributed by atoms with Crippen molar-refractivity contribution in [2.75, 3.05) is 10.6 Å². The number of rotatable bonds is 4. The van der Waals surface area contributed by atoms with E-state index in [0.717, 1.165) is 16.8 Å².